The van der Waals surface area contributed by atoms with Gasteiger partial charge in [-0.2, -0.15) is 0 Å². The fourth-order valence-electron chi connectivity index (χ4n) is 3.55. The molecule has 0 atom stereocenters. The average Bonchev–Trinajstić information content (AvgIpc) is 2.70. The lowest BCUT2D eigenvalue weighted by Gasteiger charge is -2.33. The van der Waals surface area contributed by atoms with Crippen molar-refractivity contribution >= 4 is 21.6 Å². The van der Waals surface area contributed by atoms with Crippen LogP contribution in [0.4, 0.5) is 5.69 Å². The molecule has 0 saturated carbocycles. The Labute approximate surface area is 169 Å². The van der Waals surface area contributed by atoms with Crippen molar-refractivity contribution in [3.63, 3.8) is 0 Å². The summed E-state index contributed by atoms with van der Waals surface area (Å²) in [6.45, 7) is 2.94. The number of rotatable bonds is 7. The maximum atomic E-state index is 5.61. The number of piperidine rings is 1. The molecule has 0 spiro atoms. The number of anilines is 1. The van der Waals surface area contributed by atoms with Crippen molar-refractivity contribution in [2.45, 2.75) is 25.4 Å². The van der Waals surface area contributed by atoms with E-state index in [1.807, 2.05) is 6.07 Å². The Morgan fingerprint density at radius 2 is 1.59 bits per heavy atom. The van der Waals surface area contributed by atoms with Crippen molar-refractivity contribution in [1.29, 1.82) is 0 Å². The fraction of sp³-hybridized carbons (Fsp3) is 0.429. The van der Waals surface area contributed by atoms with Gasteiger partial charge in [0.1, 0.15) is 0 Å². The largest absolute Gasteiger partial charge is 0.493 e. The smallest absolute Gasteiger partial charge is 0.203 e. The van der Waals surface area contributed by atoms with Crippen LogP contribution in [0.3, 0.4) is 0 Å². The van der Waals surface area contributed by atoms with Crippen LogP contribution < -0.4 is 19.5 Å². The van der Waals surface area contributed by atoms with E-state index in [0.717, 1.165) is 48.3 Å². The Kier molecular flexibility index (Phi) is 6.85. The highest BCUT2D eigenvalue weighted by atomic mass is 79.9. The Morgan fingerprint density at radius 1 is 0.926 bits per heavy atom. The number of benzene rings is 2. The van der Waals surface area contributed by atoms with Crippen LogP contribution in [-0.4, -0.2) is 45.4 Å². The van der Waals surface area contributed by atoms with Gasteiger partial charge in [-0.1, -0.05) is 22.0 Å². The molecule has 0 amide bonds. The van der Waals surface area contributed by atoms with Crippen LogP contribution in [0, 0.1) is 0 Å². The molecular formula is C21H27BrN2O3. The molecule has 2 aromatic rings. The van der Waals surface area contributed by atoms with Gasteiger partial charge in [-0.3, -0.25) is 4.90 Å². The third-order valence-corrected chi connectivity index (χ3v) is 5.51. The number of halogens is 1. The van der Waals surface area contributed by atoms with E-state index in [9.17, 15) is 0 Å². The van der Waals surface area contributed by atoms with Crippen molar-refractivity contribution < 1.29 is 14.2 Å². The van der Waals surface area contributed by atoms with Gasteiger partial charge in [0.15, 0.2) is 11.5 Å². The molecular weight excluding hydrogens is 408 g/mol. The van der Waals surface area contributed by atoms with Gasteiger partial charge in [-0.15, -0.1) is 0 Å². The number of nitrogens with one attached hydrogen (secondary N) is 1. The molecule has 3 rings (SSSR count). The second-order valence-electron chi connectivity index (χ2n) is 6.70. The molecule has 1 fully saturated rings. The zero-order valence-corrected chi connectivity index (χ0v) is 17.7. The van der Waals surface area contributed by atoms with Gasteiger partial charge in [0.05, 0.1) is 21.3 Å². The van der Waals surface area contributed by atoms with Gasteiger partial charge >= 0.3 is 0 Å². The van der Waals surface area contributed by atoms with E-state index < -0.39 is 0 Å². The maximum absolute atomic E-state index is 5.61. The van der Waals surface area contributed by atoms with E-state index in [2.05, 4.69) is 56.5 Å². The second-order valence-corrected chi connectivity index (χ2v) is 7.61. The van der Waals surface area contributed by atoms with Gasteiger partial charge in [0.25, 0.3) is 0 Å². The molecule has 1 heterocycles. The highest BCUT2D eigenvalue weighted by Gasteiger charge is 2.22. The highest BCUT2D eigenvalue weighted by Crippen LogP contribution is 2.40. The van der Waals surface area contributed by atoms with Crippen LogP contribution in [0.25, 0.3) is 0 Å². The van der Waals surface area contributed by atoms with Gasteiger partial charge in [0.2, 0.25) is 5.75 Å². The third kappa shape index (κ3) is 4.87. The van der Waals surface area contributed by atoms with E-state index in [4.69, 9.17) is 14.2 Å². The summed E-state index contributed by atoms with van der Waals surface area (Å²) in [7, 11) is 4.96. The number of hydrogen-bond acceptors (Lipinski definition) is 5. The Bertz CT molecular complexity index is 744. The third-order valence-electron chi connectivity index (χ3n) is 4.98. The number of hydrogen-bond donors (Lipinski definition) is 1. The molecule has 0 radical (unpaired) electrons. The van der Waals surface area contributed by atoms with Crippen LogP contribution in [0.5, 0.6) is 17.2 Å². The summed E-state index contributed by atoms with van der Waals surface area (Å²) in [5.41, 5.74) is 2.30. The predicted octanol–water partition coefficient (Wildman–Crippen LogP) is 4.55. The van der Waals surface area contributed by atoms with E-state index in [-0.39, 0.29) is 0 Å². The number of likely N-dealkylation sites (tertiary alicyclic amines) is 1. The quantitative estimate of drug-likeness (QED) is 0.691. The number of nitrogens with zero attached hydrogens (tertiary/aromatic N) is 1. The van der Waals surface area contributed by atoms with Gasteiger partial charge in [0, 0.05) is 41.4 Å². The van der Waals surface area contributed by atoms with Crippen molar-refractivity contribution in [2.24, 2.45) is 0 Å². The zero-order chi connectivity index (χ0) is 19.2. The lowest BCUT2D eigenvalue weighted by atomic mass is 10.0. The minimum absolute atomic E-state index is 0.509. The molecule has 1 saturated heterocycles. The summed E-state index contributed by atoms with van der Waals surface area (Å²) < 4.78 is 17.6. The van der Waals surface area contributed by atoms with Gasteiger partial charge < -0.3 is 19.5 Å². The summed E-state index contributed by atoms with van der Waals surface area (Å²) >= 11 is 3.48. The fourth-order valence-corrected chi connectivity index (χ4v) is 3.81. The average molecular weight is 435 g/mol. The molecule has 1 aliphatic heterocycles. The highest BCUT2D eigenvalue weighted by molar-refractivity contribution is 9.10. The Balaban J connectivity index is 1.60. The van der Waals surface area contributed by atoms with Crippen LogP contribution in [0.2, 0.25) is 0 Å². The van der Waals surface area contributed by atoms with E-state index in [1.54, 1.807) is 21.3 Å². The Morgan fingerprint density at radius 3 is 2.19 bits per heavy atom. The number of ether oxygens (including phenoxy) is 3. The van der Waals surface area contributed by atoms with Crippen molar-refractivity contribution in [3.8, 4) is 17.2 Å². The van der Waals surface area contributed by atoms with E-state index in [0.29, 0.717) is 17.5 Å². The molecule has 0 bridgehead atoms. The first kappa shape index (κ1) is 19.8. The summed E-state index contributed by atoms with van der Waals surface area (Å²) in [5.74, 6) is 2.10. The van der Waals surface area contributed by atoms with Crippen molar-refractivity contribution in [3.05, 3.63) is 46.4 Å². The molecule has 1 aliphatic rings. The maximum Gasteiger partial charge on any atom is 0.203 e. The zero-order valence-electron chi connectivity index (χ0n) is 16.1. The standard InChI is InChI=1S/C21H27BrN2O3/c1-25-19-9-4-15(20(26-2)21(19)27-3)14-24-12-10-18(11-13-24)23-17-7-5-16(22)6-8-17/h4-9,18,23H,10-14H2,1-3H3. The minimum atomic E-state index is 0.509. The molecule has 2 aromatic carbocycles. The number of methoxy groups -OCH3 is 3. The van der Waals surface area contributed by atoms with Crippen molar-refractivity contribution in [2.75, 3.05) is 39.7 Å². The normalized spacial score (nSPS) is 15.4. The minimum Gasteiger partial charge on any atom is -0.493 e. The van der Waals surface area contributed by atoms with Crippen LogP contribution in [-0.2, 0) is 6.54 Å². The summed E-state index contributed by atoms with van der Waals surface area (Å²) in [6, 6.07) is 12.9. The van der Waals surface area contributed by atoms with E-state index in [1.165, 1.54) is 5.69 Å². The molecule has 0 unspecified atom stereocenters. The summed E-state index contributed by atoms with van der Waals surface area (Å²) in [6.07, 6.45) is 2.23. The first-order valence-electron chi connectivity index (χ1n) is 9.17. The lowest BCUT2D eigenvalue weighted by Crippen LogP contribution is -2.38. The lowest BCUT2D eigenvalue weighted by molar-refractivity contribution is 0.208. The molecule has 0 aliphatic carbocycles. The topological polar surface area (TPSA) is 43.0 Å². The molecule has 146 valence electrons. The first-order chi connectivity index (χ1) is 13.1. The summed E-state index contributed by atoms with van der Waals surface area (Å²) in [4.78, 5) is 2.46. The van der Waals surface area contributed by atoms with Crippen LogP contribution >= 0.6 is 15.9 Å². The first-order valence-corrected chi connectivity index (χ1v) is 9.96. The molecule has 0 aromatic heterocycles. The monoisotopic (exact) mass is 434 g/mol. The Hall–Kier alpha value is -1.92. The van der Waals surface area contributed by atoms with Gasteiger partial charge in [-0.05, 0) is 43.2 Å². The molecule has 27 heavy (non-hydrogen) atoms. The molecule has 5 nitrogen and oxygen atoms in total. The summed E-state index contributed by atoms with van der Waals surface area (Å²) in [5, 5.41) is 3.64. The SMILES string of the molecule is COc1ccc(CN2CCC(Nc3ccc(Br)cc3)CC2)c(OC)c1OC. The van der Waals surface area contributed by atoms with Crippen molar-refractivity contribution in [1.82, 2.24) is 4.90 Å². The second kappa shape index (κ2) is 9.33. The molecule has 1 N–H and O–H groups in total. The predicted molar refractivity (Wildman–Crippen MR) is 112 cm³/mol. The molecule has 6 heteroatoms. The van der Waals surface area contributed by atoms with Gasteiger partial charge in [-0.25, -0.2) is 0 Å². The van der Waals surface area contributed by atoms with Crippen LogP contribution in [0.15, 0.2) is 40.9 Å². The van der Waals surface area contributed by atoms with Crippen LogP contribution in [0.1, 0.15) is 18.4 Å². The van der Waals surface area contributed by atoms with E-state index >= 15 is 0 Å².